The van der Waals surface area contributed by atoms with Crippen molar-refractivity contribution in [2.45, 2.75) is 38.3 Å². The molecule has 1 atom stereocenters. The maximum Gasteiger partial charge on any atom is 0.320 e. The molecule has 0 bridgehead atoms. The molecule has 4 nitrogen and oxygen atoms in total. The number of nitrogens with two attached hydrogens (primary N) is 1. The first-order chi connectivity index (χ1) is 7.89. The van der Waals surface area contributed by atoms with Gasteiger partial charge in [0.1, 0.15) is 17.4 Å². The largest absolute Gasteiger partial charge is 0.487 e. The Morgan fingerprint density at radius 3 is 2.94 bits per heavy atom. The Morgan fingerprint density at radius 2 is 2.29 bits per heavy atom. The number of benzene rings is 1. The molecule has 17 heavy (non-hydrogen) atoms. The average molecular weight is 235 g/mol. The molecule has 1 aromatic carbocycles. The summed E-state index contributed by atoms with van der Waals surface area (Å²) in [5, 5.41) is 8.83. The molecule has 4 heteroatoms. The first-order valence-corrected chi connectivity index (χ1v) is 5.67. The van der Waals surface area contributed by atoms with E-state index in [0.717, 1.165) is 23.3 Å². The summed E-state index contributed by atoms with van der Waals surface area (Å²) in [6, 6.07) is 4.94. The van der Waals surface area contributed by atoms with Crippen molar-refractivity contribution in [3.05, 3.63) is 29.3 Å². The molecule has 3 N–H and O–H groups in total. The van der Waals surface area contributed by atoms with Gasteiger partial charge in [0, 0.05) is 12.8 Å². The predicted molar refractivity (Wildman–Crippen MR) is 64.2 cm³/mol. The summed E-state index contributed by atoms with van der Waals surface area (Å²) in [5.41, 5.74) is 7.35. The van der Waals surface area contributed by atoms with Crippen molar-refractivity contribution in [3.8, 4) is 5.75 Å². The van der Waals surface area contributed by atoms with Gasteiger partial charge in [0.2, 0.25) is 0 Å². The molecule has 0 spiro atoms. The standard InChI is InChI=1S/C13H17NO3/c1-13(2)7-9-5-3-4-8(11(9)17-13)6-10(14)12(15)16/h3-5,10H,6-7,14H2,1-2H3,(H,15,16). The highest BCUT2D eigenvalue weighted by Gasteiger charge is 2.32. The zero-order valence-electron chi connectivity index (χ0n) is 10.1. The van der Waals surface area contributed by atoms with E-state index in [2.05, 4.69) is 0 Å². The molecule has 0 aliphatic carbocycles. The lowest BCUT2D eigenvalue weighted by molar-refractivity contribution is -0.138. The van der Waals surface area contributed by atoms with E-state index in [4.69, 9.17) is 15.6 Å². The normalized spacial score (nSPS) is 18.3. The predicted octanol–water partition coefficient (Wildman–Crippen LogP) is 1.35. The van der Waals surface area contributed by atoms with Crippen molar-refractivity contribution in [3.63, 3.8) is 0 Å². The number of para-hydroxylation sites is 1. The molecule has 1 unspecified atom stereocenters. The Kier molecular flexibility index (Phi) is 2.83. The summed E-state index contributed by atoms with van der Waals surface area (Å²) in [4.78, 5) is 10.8. The second-order valence-electron chi connectivity index (χ2n) is 5.09. The molecule has 1 aromatic rings. The van der Waals surface area contributed by atoms with Crippen LogP contribution in [0.5, 0.6) is 5.75 Å². The third kappa shape index (κ3) is 2.42. The molecular formula is C13H17NO3. The minimum absolute atomic E-state index is 0.217. The van der Waals surface area contributed by atoms with Crippen LogP contribution in [0.2, 0.25) is 0 Å². The van der Waals surface area contributed by atoms with Crippen molar-refractivity contribution in [1.29, 1.82) is 0 Å². The quantitative estimate of drug-likeness (QED) is 0.829. The lowest BCUT2D eigenvalue weighted by Gasteiger charge is -2.18. The maximum absolute atomic E-state index is 10.8. The number of carboxylic acids is 1. The first kappa shape index (κ1) is 11.9. The van der Waals surface area contributed by atoms with Crippen LogP contribution in [0.15, 0.2) is 18.2 Å². The Morgan fingerprint density at radius 1 is 1.59 bits per heavy atom. The van der Waals surface area contributed by atoms with Crippen LogP contribution in [0.25, 0.3) is 0 Å². The number of carbonyl (C=O) groups is 1. The molecule has 0 saturated carbocycles. The molecule has 0 saturated heterocycles. The lowest BCUT2D eigenvalue weighted by atomic mass is 9.98. The molecule has 0 fully saturated rings. The number of hydrogen-bond donors (Lipinski definition) is 2. The zero-order valence-corrected chi connectivity index (χ0v) is 10.1. The van der Waals surface area contributed by atoms with E-state index in [1.54, 1.807) is 0 Å². The van der Waals surface area contributed by atoms with E-state index in [9.17, 15) is 4.79 Å². The fraction of sp³-hybridized carbons (Fsp3) is 0.462. The van der Waals surface area contributed by atoms with Crippen LogP contribution < -0.4 is 10.5 Å². The highest BCUT2D eigenvalue weighted by molar-refractivity contribution is 5.73. The lowest BCUT2D eigenvalue weighted by Crippen LogP contribution is -2.32. The minimum atomic E-state index is -0.986. The van der Waals surface area contributed by atoms with E-state index in [1.807, 2.05) is 32.0 Å². The van der Waals surface area contributed by atoms with Gasteiger partial charge in [-0.1, -0.05) is 18.2 Å². The molecule has 92 valence electrons. The van der Waals surface area contributed by atoms with Crippen LogP contribution in [-0.4, -0.2) is 22.7 Å². The van der Waals surface area contributed by atoms with Gasteiger partial charge in [-0.2, -0.15) is 0 Å². The summed E-state index contributed by atoms with van der Waals surface area (Å²) in [7, 11) is 0. The fourth-order valence-corrected chi connectivity index (χ4v) is 2.16. The molecular weight excluding hydrogens is 218 g/mol. The maximum atomic E-state index is 10.8. The number of rotatable bonds is 3. The topological polar surface area (TPSA) is 72.6 Å². The van der Waals surface area contributed by atoms with Gasteiger partial charge >= 0.3 is 5.97 Å². The fourth-order valence-electron chi connectivity index (χ4n) is 2.16. The Bertz CT molecular complexity index is 454. The van der Waals surface area contributed by atoms with E-state index in [0.29, 0.717) is 6.42 Å². The van der Waals surface area contributed by atoms with Crippen LogP contribution >= 0.6 is 0 Å². The number of carboxylic acid groups (broad SMARTS) is 1. The van der Waals surface area contributed by atoms with Crippen molar-refractivity contribution in [1.82, 2.24) is 0 Å². The zero-order chi connectivity index (χ0) is 12.6. The Labute approximate surface area is 100 Å². The number of aliphatic carboxylic acids is 1. The summed E-state index contributed by atoms with van der Waals surface area (Å²) in [6.45, 7) is 4.04. The van der Waals surface area contributed by atoms with Crippen LogP contribution in [0.3, 0.4) is 0 Å². The third-order valence-corrected chi connectivity index (χ3v) is 2.93. The van der Waals surface area contributed by atoms with Gasteiger partial charge in [-0.25, -0.2) is 0 Å². The summed E-state index contributed by atoms with van der Waals surface area (Å²) < 4.78 is 5.86. The summed E-state index contributed by atoms with van der Waals surface area (Å²) in [6.07, 6.45) is 1.15. The average Bonchev–Trinajstić information content (AvgIpc) is 2.53. The Balaban J connectivity index is 2.27. The van der Waals surface area contributed by atoms with E-state index in [1.165, 1.54) is 0 Å². The molecule has 1 aliphatic heterocycles. The smallest absolute Gasteiger partial charge is 0.320 e. The van der Waals surface area contributed by atoms with Crippen molar-refractivity contribution in [2.75, 3.05) is 0 Å². The van der Waals surface area contributed by atoms with E-state index >= 15 is 0 Å². The van der Waals surface area contributed by atoms with Crippen molar-refractivity contribution < 1.29 is 14.6 Å². The van der Waals surface area contributed by atoms with Gasteiger partial charge in [-0.05, 0) is 25.0 Å². The van der Waals surface area contributed by atoms with Gasteiger partial charge in [-0.3, -0.25) is 4.79 Å². The van der Waals surface area contributed by atoms with Crippen molar-refractivity contribution >= 4 is 5.97 Å². The number of fused-ring (bicyclic) bond motifs is 1. The highest BCUT2D eigenvalue weighted by atomic mass is 16.5. The van der Waals surface area contributed by atoms with E-state index < -0.39 is 12.0 Å². The molecule has 1 heterocycles. The van der Waals surface area contributed by atoms with Gasteiger partial charge in [0.15, 0.2) is 0 Å². The second-order valence-corrected chi connectivity index (χ2v) is 5.09. The Hall–Kier alpha value is -1.55. The molecule has 1 aliphatic rings. The highest BCUT2D eigenvalue weighted by Crippen LogP contribution is 2.37. The van der Waals surface area contributed by atoms with Crippen LogP contribution in [0, 0.1) is 0 Å². The monoisotopic (exact) mass is 235 g/mol. The second kappa shape index (κ2) is 4.04. The van der Waals surface area contributed by atoms with Crippen LogP contribution in [-0.2, 0) is 17.6 Å². The van der Waals surface area contributed by atoms with Gasteiger partial charge in [-0.15, -0.1) is 0 Å². The number of ether oxygens (including phenoxy) is 1. The first-order valence-electron chi connectivity index (χ1n) is 5.67. The summed E-state index contributed by atoms with van der Waals surface area (Å²) >= 11 is 0. The van der Waals surface area contributed by atoms with Crippen LogP contribution in [0.4, 0.5) is 0 Å². The van der Waals surface area contributed by atoms with Crippen molar-refractivity contribution in [2.24, 2.45) is 5.73 Å². The molecule has 0 aromatic heterocycles. The molecule has 0 amide bonds. The molecule has 2 rings (SSSR count). The van der Waals surface area contributed by atoms with E-state index in [-0.39, 0.29) is 5.60 Å². The summed E-state index contributed by atoms with van der Waals surface area (Å²) in [5.74, 6) is -0.172. The molecule has 0 radical (unpaired) electrons. The SMILES string of the molecule is CC1(C)Cc2cccc(CC(N)C(=O)O)c2O1. The van der Waals surface area contributed by atoms with Gasteiger partial charge in [0.25, 0.3) is 0 Å². The van der Waals surface area contributed by atoms with Crippen LogP contribution in [0.1, 0.15) is 25.0 Å². The minimum Gasteiger partial charge on any atom is -0.487 e. The third-order valence-electron chi connectivity index (χ3n) is 2.93. The van der Waals surface area contributed by atoms with Gasteiger partial charge < -0.3 is 15.6 Å². The number of hydrogen-bond acceptors (Lipinski definition) is 3. The van der Waals surface area contributed by atoms with Gasteiger partial charge in [0.05, 0.1) is 0 Å².